The molecule has 1 aliphatic heterocycles. The molecule has 1 amide bonds. The second kappa shape index (κ2) is 7.59. The van der Waals surface area contributed by atoms with Crippen LogP contribution in [0, 0.1) is 0 Å². The second-order valence-corrected chi connectivity index (χ2v) is 5.62. The van der Waals surface area contributed by atoms with Crippen molar-refractivity contribution in [1.82, 2.24) is 5.32 Å². The highest BCUT2D eigenvalue weighted by Gasteiger charge is 2.17. The molecule has 5 nitrogen and oxygen atoms in total. The van der Waals surface area contributed by atoms with Crippen LogP contribution in [0.4, 0.5) is 0 Å². The van der Waals surface area contributed by atoms with Gasteiger partial charge in [0.15, 0.2) is 6.61 Å². The summed E-state index contributed by atoms with van der Waals surface area (Å²) < 4.78 is 10.7. The molecule has 0 unspecified atom stereocenters. The molecule has 1 saturated heterocycles. The van der Waals surface area contributed by atoms with Gasteiger partial charge in [0.25, 0.3) is 5.91 Å². The molecule has 2 rings (SSSR count). The van der Waals surface area contributed by atoms with Gasteiger partial charge in [0.05, 0.1) is 5.56 Å². The fourth-order valence-electron chi connectivity index (χ4n) is 2.07. The summed E-state index contributed by atoms with van der Waals surface area (Å²) in [4.78, 5) is 12.1. The first-order chi connectivity index (χ1) is 10.1. The number of hydrogen-bond donors (Lipinski definition) is 2. The Kier molecular flexibility index (Phi) is 5.78. The molecule has 0 saturated carbocycles. The average Bonchev–Trinajstić information content (AvgIpc) is 2.46. The third kappa shape index (κ3) is 4.84. The van der Waals surface area contributed by atoms with Crippen molar-refractivity contribution in [1.29, 1.82) is 0 Å². The van der Waals surface area contributed by atoms with Crippen LogP contribution in [-0.4, -0.2) is 36.8 Å². The molecular weight excluding hydrogens is 312 g/mol. The molecule has 21 heavy (non-hydrogen) atoms. The lowest BCUT2D eigenvalue weighted by atomic mass is 10.1. The lowest BCUT2D eigenvalue weighted by Gasteiger charge is -2.23. The van der Waals surface area contributed by atoms with Gasteiger partial charge >= 0.3 is 0 Å². The van der Waals surface area contributed by atoms with Crippen molar-refractivity contribution >= 4 is 34.7 Å². The van der Waals surface area contributed by atoms with Crippen molar-refractivity contribution in [2.45, 2.75) is 18.9 Å². The Morgan fingerprint density at radius 2 is 2.19 bits per heavy atom. The Bertz CT molecular complexity index is 533. The maximum absolute atomic E-state index is 11.9. The van der Waals surface area contributed by atoms with Crippen LogP contribution in [0.1, 0.15) is 18.4 Å². The van der Waals surface area contributed by atoms with E-state index in [0.717, 1.165) is 12.8 Å². The minimum absolute atomic E-state index is 0.104. The van der Waals surface area contributed by atoms with Crippen molar-refractivity contribution < 1.29 is 14.3 Å². The first-order valence-electron chi connectivity index (χ1n) is 6.65. The summed E-state index contributed by atoms with van der Waals surface area (Å²) in [6.07, 6.45) is 1.64. The standard InChI is InChI=1S/C14H17ClN2O3S/c15-9-1-2-11(14(16)21)12(7-9)20-8-13(18)17-10-3-5-19-6-4-10/h1-2,7,10H,3-6,8H2,(H2,16,21)(H,17,18). The first-order valence-corrected chi connectivity index (χ1v) is 7.44. The monoisotopic (exact) mass is 328 g/mol. The minimum Gasteiger partial charge on any atom is -0.483 e. The molecule has 0 atom stereocenters. The highest BCUT2D eigenvalue weighted by atomic mass is 35.5. The van der Waals surface area contributed by atoms with E-state index in [0.29, 0.717) is 29.5 Å². The second-order valence-electron chi connectivity index (χ2n) is 4.75. The minimum atomic E-state index is -0.184. The molecule has 7 heteroatoms. The molecule has 114 valence electrons. The number of ether oxygens (including phenoxy) is 2. The number of halogens is 1. The first kappa shape index (κ1) is 16.0. The van der Waals surface area contributed by atoms with Crippen LogP contribution in [0.15, 0.2) is 18.2 Å². The van der Waals surface area contributed by atoms with Gasteiger partial charge in [0, 0.05) is 24.3 Å². The largest absolute Gasteiger partial charge is 0.483 e. The molecule has 1 aromatic rings. The molecule has 1 fully saturated rings. The van der Waals surface area contributed by atoms with Crippen LogP contribution in [0.3, 0.4) is 0 Å². The Balaban J connectivity index is 1.91. The topological polar surface area (TPSA) is 73.6 Å². The van der Waals surface area contributed by atoms with E-state index in [1.54, 1.807) is 18.2 Å². The van der Waals surface area contributed by atoms with Crippen molar-refractivity contribution in [2.75, 3.05) is 19.8 Å². The predicted molar refractivity (Wildman–Crippen MR) is 84.8 cm³/mol. The molecular formula is C14H17ClN2O3S. The predicted octanol–water partition coefficient (Wildman–Crippen LogP) is 1.65. The van der Waals surface area contributed by atoms with Crippen molar-refractivity contribution in [3.8, 4) is 5.75 Å². The number of rotatable bonds is 5. The molecule has 0 aliphatic carbocycles. The maximum atomic E-state index is 11.9. The van der Waals surface area contributed by atoms with E-state index in [1.165, 1.54) is 0 Å². The number of carbonyl (C=O) groups excluding carboxylic acids is 1. The lowest BCUT2D eigenvalue weighted by Crippen LogP contribution is -2.41. The smallest absolute Gasteiger partial charge is 0.258 e. The SMILES string of the molecule is NC(=S)c1ccc(Cl)cc1OCC(=O)NC1CCOCC1. The average molecular weight is 329 g/mol. The van der Waals surface area contributed by atoms with E-state index in [9.17, 15) is 4.79 Å². The molecule has 1 aliphatic rings. The fraction of sp³-hybridized carbons (Fsp3) is 0.429. The van der Waals surface area contributed by atoms with E-state index < -0.39 is 0 Å². The number of nitrogens with two attached hydrogens (primary N) is 1. The molecule has 0 aromatic heterocycles. The molecule has 1 aromatic carbocycles. The van der Waals surface area contributed by atoms with Gasteiger partial charge in [-0.15, -0.1) is 0 Å². The third-order valence-corrected chi connectivity index (χ3v) is 3.61. The van der Waals surface area contributed by atoms with Gasteiger partial charge < -0.3 is 20.5 Å². The fourth-order valence-corrected chi connectivity index (χ4v) is 2.40. The molecule has 0 spiro atoms. The Labute approximate surface area is 133 Å². The van der Waals surface area contributed by atoms with E-state index >= 15 is 0 Å². The number of nitrogens with one attached hydrogen (secondary N) is 1. The molecule has 3 N–H and O–H groups in total. The summed E-state index contributed by atoms with van der Waals surface area (Å²) >= 11 is 10.9. The zero-order valence-corrected chi connectivity index (χ0v) is 13.0. The van der Waals surface area contributed by atoms with Crippen LogP contribution in [0.25, 0.3) is 0 Å². The lowest BCUT2D eigenvalue weighted by molar-refractivity contribution is -0.124. The van der Waals surface area contributed by atoms with Crippen molar-refractivity contribution in [2.24, 2.45) is 5.73 Å². The number of benzene rings is 1. The van der Waals surface area contributed by atoms with Crippen LogP contribution in [-0.2, 0) is 9.53 Å². The third-order valence-electron chi connectivity index (χ3n) is 3.15. The van der Waals surface area contributed by atoms with Crippen molar-refractivity contribution in [3.05, 3.63) is 28.8 Å². The van der Waals surface area contributed by atoms with Crippen LogP contribution in [0.5, 0.6) is 5.75 Å². The summed E-state index contributed by atoms with van der Waals surface area (Å²) in [5, 5.41) is 3.41. The Hall–Kier alpha value is -1.37. The van der Waals surface area contributed by atoms with E-state index in [4.69, 9.17) is 39.0 Å². The van der Waals surface area contributed by atoms with E-state index in [-0.39, 0.29) is 23.5 Å². The highest BCUT2D eigenvalue weighted by molar-refractivity contribution is 7.80. The van der Waals surface area contributed by atoms with Crippen molar-refractivity contribution in [3.63, 3.8) is 0 Å². The van der Waals surface area contributed by atoms with Crippen LogP contribution < -0.4 is 15.8 Å². The number of amides is 1. The van der Waals surface area contributed by atoms with Gasteiger partial charge in [-0.25, -0.2) is 0 Å². The van der Waals surface area contributed by atoms with Crippen LogP contribution >= 0.6 is 23.8 Å². The van der Waals surface area contributed by atoms with Gasteiger partial charge in [-0.05, 0) is 31.0 Å². The zero-order valence-electron chi connectivity index (χ0n) is 11.4. The Morgan fingerprint density at radius 1 is 1.48 bits per heavy atom. The van der Waals surface area contributed by atoms with Gasteiger partial charge in [0.2, 0.25) is 0 Å². The number of carbonyl (C=O) groups is 1. The summed E-state index contributed by atoms with van der Waals surface area (Å²) in [7, 11) is 0. The summed E-state index contributed by atoms with van der Waals surface area (Å²) in [5.41, 5.74) is 6.18. The number of thiocarbonyl (C=S) groups is 1. The summed E-state index contributed by atoms with van der Waals surface area (Å²) in [6.45, 7) is 1.24. The number of hydrogen-bond acceptors (Lipinski definition) is 4. The molecule has 0 radical (unpaired) electrons. The normalized spacial score (nSPS) is 15.5. The van der Waals surface area contributed by atoms with Gasteiger partial charge in [-0.1, -0.05) is 23.8 Å². The maximum Gasteiger partial charge on any atom is 0.258 e. The molecule has 1 heterocycles. The van der Waals surface area contributed by atoms with Gasteiger partial charge in [0.1, 0.15) is 10.7 Å². The van der Waals surface area contributed by atoms with Gasteiger partial charge in [-0.3, -0.25) is 4.79 Å². The highest BCUT2D eigenvalue weighted by Crippen LogP contribution is 2.23. The molecule has 0 bridgehead atoms. The summed E-state index contributed by atoms with van der Waals surface area (Å²) in [6, 6.07) is 5.09. The zero-order chi connectivity index (χ0) is 15.2. The van der Waals surface area contributed by atoms with Crippen LogP contribution in [0.2, 0.25) is 5.02 Å². The van der Waals surface area contributed by atoms with E-state index in [2.05, 4.69) is 5.32 Å². The van der Waals surface area contributed by atoms with E-state index in [1.807, 2.05) is 0 Å². The summed E-state index contributed by atoms with van der Waals surface area (Å²) in [5.74, 6) is 0.230. The quantitative estimate of drug-likeness (QED) is 0.804. The van der Waals surface area contributed by atoms with Gasteiger partial charge in [-0.2, -0.15) is 0 Å². The Morgan fingerprint density at radius 3 is 2.86 bits per heavy atom.